The van der Waals surface area contributed by atoms with Crippen molar-refractivity contribution in [1.82, 2.24) is 14.8 Å². The number of hydrogen-bond acceptors (Lipinski definition) is 4. The topological polar surface area (TPSA) is 51.0 Å². The number of carbonyl (C=O) groups is 1. The first-order valence-corrected chi connectivity index (χ1v) is 8.71. The fraction of sp³-hybridized carbons (Fsp3) is 0.312. The molecule has 2 aromatic heterocycles. The van der Waals surface area contributed by atoms with Gasteiger partial charge in [-0.3, -0.25) is 14.4 Å². The van der Waals surface area contributed by atoms with Gasteiger partial charge in [0, 0.05) is 25.4 Å². The van der Waals surface area contributed by atoms with Crippen LogP contribution in [0, 0.1) is 0 Å². The molecule has 0 aliphatic rings. The van der Waals surface area contributed by atoms with Crippen molar-refractivity contribution in [2.75, 3.05) is 11.4 Å². The van der Waals surface area contributed by atoms with Crippen LogP contribution in [0.15, 0.2) is 36.7 Å². The summed E-state index contributed by atoms with van der Waals surface area (Å²) in [5.41, 5.74) is 0.752. The molecule has 120 valence electrons. The minimum Gasteiger partial charge on any atom is -0.286 e. The van der Waals surface area contributed by atoms with Gasteiger partial charge in [-0.1, -0.05) is 35.9 Å². The van der Waals surface area contributed by atoms with E-state index < -0.39 is 0 Å². The maximum atomic E-state index is 12.5. The van der Waals surface area contributed by atoms with Gasteiger partial charge in [-0.25, -0.2) is 4.98 Å². The molecule has 0 fully saturated rings. The van der Waals surface area contributed by atoms with Crippen molar-refractivity contribution in [2.45, 2.75) is 26.3 Å². The number of anilines is 1. The van der Waals surface area contributed by atoms with Crippen molar-refractivity contribution in [1.29, 1.82) is 0 Å². The molecule has 0 bridgehead atoms. The molecule has 0 spiro atoms. The van der Waals surface area contributed by atoms with Gasteiger partial charge in [0.25, 0.3) is 0 Å². The lowest BCUT2D eigenvalue weighted by Gasteiger charge is -2.19. The number of halogens is 1. The van der Waals surface area contributed by atoms with Crippen molar-refractivity contribution in [3.05, 3.63) is 41.7 Å². The molecule has 1 aromatic carbocycles. The van der Waals surface area contributed by atoms with Crippen molar-refractivity contribution in [3.63, 3.8) is 0 Å². The number of carbonyl (C=O) groups excluding carboxylic acids is 1. The third-order valence-corrected chi connectivity index (χ3v) is 4.81. The smallest absolute Gasteiger partial charge is 0.228 e. The Hall–Kier alpha value is -1.92. The Bertz CT molecular complexity index is 800. The summed E-state index contributed by atoms with van der Waals surface area (Å²) in [4.78, 5) is 18.8. The first kappa shape index (κ1) is 16.0. The summed E-state index contributed by atoms with van der Waals surface area (Å²) in [6.45, 7) is 3.17. The second-order valence-corrected chi connectivity index (χ2v) is 6.56. The van der Waals surface area contributed by atoms with Crippen LogP contribution < -0.4 is 4.90 Å². The highest BCUT2D eigenvalue weighted by Crippen LogP contribution is 2.33. The van der Waals surface area contributed by atoms with E-state index in [2.05, 4.69) is 10.1 Å². The Kier molecular flexibility index (Phi) is 4.93. The SMILES string of the molecule is CCCC(=O)N(CCn1cccn1)c1nc2c(Cl)cccc2s1. The summed E-state index contributed by atoms with van der Waals surface area (Å²) in [5.74, 6) is 0.0786. The molecule has 3 aromatic rings. The second kappa shape index (κ2) is 7.10. The fourth-order valence-electron chi connectivity index (χ4n) is 2.33. The first-order chi connectivity index (χ1) is 11.2. The zero-order valence-electron chi connectivity index (χ0n) is 12.8. The standard InChI is InChI=1S/C16H17ClN4OS/c1-2-5-14(22)21(11-10-20-9-4-8-18-20)16-19-15-12(17)6-3-7-13(15)23-16/h3-4,6-9H,2,5,10-11H2,1H3. The van der Waals surface area contributed by atoms with Crippen LogP contribution in [0.25, 0.3) is 10.2 Å². The predicted octanol–water partition coefficient (Wildman–Crippen LogP) is 3.98. The minimum absolute atomic E-state index is 0.0786. The summed E-state index contributed by atoms with van der Waals surface area (Å²) in [6.07, 6.45) is 4.93. The first-order valence-electron chi connectivity index (χ1n) is 7.52. The number of amides is 1. The summed E-state index contributed by atoms with van der Waals surface area (Å²) < 4.78 is 2.80. The van der Waals surface area contributed by atoms with Crippen LogP contribution in [0.2, 0.25) is 5.02 Å². The van der Waals surface area contributed by atoms with E-state index in [-0.39, 0.29) is 5.91 Å². The molecule has 23 heavy (non-hydrogen) atoms. The average molecular weight is 349 g/mol. The van der Waals surface area contributed by atoms with Crippen LogP contribution >= 0.6 is 22.9 Å². The van der Waals surface area contributed by atoms with E-state index in [1.54, 1.807) is 11.1 Å². The third kappa shape index (κ3) is 3.54. The molecule has 0 unspecified atom stereocenters. The number of nitrogens with zero attached hydrogens (tertiary/aromatic N) is 4. The molecule has 3 rings (SSSR count). The van der Waals surface area contributed by atoms with Crippen molar-refractivity contribution < 1.29 is 4.79 Å². The Balaban J connectivity index is 1.89. The van der Waals surface area contributed by atoms with Crippen LogP contribution in [-0.4, -0.2) is 27.2 Å². The Morgan fingerprint density at radius 3 is 2.96 bits per heavy atom. The zero-order valence-corrected chi connectivity index (χ0v) is 14.3. The van der Waals surface area contributed by atoms with Crippen molar-refractivity contribution in [3.8, 4) is 0 Å². The van der Waals surface area contributed by atoms with E-state index in [0.717, 1.165) is 16.6 Å². The van der Waals surface area contributed by atoms with Gasteiger partial charge in [-0.05, 0) is 24.6 Å². The fourth-order valence-corrected chi connectivity index (χ4v) is 3.64. The van der Waals surface area contributed by atoms with Crippen molar-refractivity contribution in [2.24, 2.45) is 0 Å². The molecule has 2 heterocycles. The molecular formula is C16H17ClN4OS. The average Bonchev–Trinajstić information content (AvgIpc) is 3.18. The third-order valence-electron chi connectivity index (χ3n) is 3.47. The molecule has 0 N–H and O–H groups in total. The Labute approximate surface area is 143 Å². The van der Waals surface area contributed by atoms with Crippen LogP contribution in [-0.2, 0) is 11.3 Å². The molecule has 0 aliphatic heterocycles. The minimum atomic E-state index is 0.0786. The number of thiazole rings is 1. The molecular weight excluding hydrogens is 332 g/mol. The highest BCUT2D eigenvalue weighted by atomic mass is 35.5. The molecule has 7 heteroatoms. The maximum Gasteiger partial charge on any atom is 0.228 e. The lowest BCUT2D eigenvalue weighted by atomic mass is 10.3. The zero-order chi connectivity index (χ0) is 16.2. The highest BCUT2D eigenvalue weighted by molar-refractivity contribution is 7.22. The van der Waals surface area contributed by atoms with Crippen LogP contribution in [0.4, 0.5) is 5.13 Å². The largest absolute Gasteiger partial charge is 0.286 e. The van der Waals surface area contributed by atoms with E-state index in [0.29, 0.717) is 29.7 Å². The Morgan fingerprint density at radius 1 is 1.39 bits per heavy atom. The molecule has 1 amide bonds. The molecule has 0 atom stereocenters. The number of fused-ring (bicyclic) bond motifs is 1. The number of aromatic nitrogens is 3. The molecule has 0 aliphatic carbocycles. The quantitative estimate of drug-likeness (QED) is 0.677. The number of rotatable bonds is 6. The predicted molar refractivity (Wildman–Crippen MR) is 94.1 cm³/mol. The number of hydrogen-bond donors (Lipinski definition) is 0. The Morgan fingerprint density at radius 2 is 2.26 bits per heavy atom. The molecule has 0 saturated carbocycles. The van der Waals surface area contributed by atoms with Crippen LogP contribution in [0.5, 0.6) is 0 Å². The molecule has 0 saturated heterocycles. The van der Waals surface area contributed by atoms with Crippen LogP contribution in [0.1, 0.15) is 19.8 Å². The maximum absolute atomic E-state index is 12.5. The summed E-state index contributed by atoms with van der Waals surface area (Å²) >= 11 is 7.69. The van der Waals surface area contributed by atoms with E-state index >= 15 is 0 Å². The highest BCUT2D eigenvalue weighted by Gasteiger charge is 2.19. The lowest BCUT2D eigenvalue weighted by Crippen LogP contribution is -2.33. The summed E-state index contributed by atoms with van der Waals surface area (Å²) in [6, 6.07) is 7.55. The van der Waals surface area contributed by atoms with Crippen molar-refractivity contribution >= 4 is 44.2 Å². The van der Waals surface area contributed by atoms with Gasteiger partial charge in [-0.2, -0.15) is 5.10 Å². The van der Waals surface area contributed by atoms with Gasteiger partial charge >= 0.3 is 0 Å². The van der Waals surface area contributed by atoms with Gasteiger partial charge in [0.05, 0.1) is 16.3 Å². The normalized spacial score (nSPS) is 11.0. The second-order valence-electron chi connectivity index (χ2n) is 5.15. The molecule has 0 radical (unpaired) electrons. The van der Waals surface area contributed by atoms with E-state index in [1.807, 2.05) is 42.1 Å². The summed E-state index contributed by atoms with van der Waals surface area (Å²) in [5, 5.41) is 5.49. The van der Waals surface area contributed by atoms with Gasteiger partial charge in [-0.15, -0.1) is 0 Å². The van der Waals surface area contributed by atoms with Gasteiger partial charge < -0.3 is 0 Å². The summed E-state index contributed by atoms with van der Waals surface area (Å²) in [7, 11) is 0. The van der Waals surface area contributed by atoms with E-state index in [1.165, 1.54) is 11.3 Å². The van der Waals surface area contributed by atoms with E-state index in [9.17, 15) is 4.79 Å². The van der Waals surface area contributed by atoms with E-state index in [4.69, 9.17) is 11.6 Å². The van der Waals surface area contributed by atoms with Crippen LogP contribution in [0.3, 0.4) is 0 Å². The lowest BCUT2D eigenvalue weighted by molar-refractivity contribution is -0.118. The monoisotopic (exact) mass is 348 g/mol. The number of benzene rings is 1. The van der Waals surface area contributed by atoms with Gasteiger partial charge in [0.1, 0.15) is 5.52 Å². The van der Waals surface area contributed by atoms with Gasteiger partial charge in [0.15, 0.2) is 5.13 Å². The van der Waals surface area contributed by atoms with Gasteiger partial charge in [0.2, 0.25) is 5.91 Å². The molecule has 5 nitrogen and oxygen atoms in total. The number of para-hydroxylation sites is 1.